The first kappa shape index (κ1) is 16.3. The standard InChI is InChI=1S/C16H20FN7/c1-11-4-5-14(17)15(6-11)24-16(20-21-22-24)8-18-13(3)10-23-9-12(2)7-19-23/h4-7,9,13,18H,8,10H2,1-3H3. The third-order valence-corrected chi connectivity index (χ3v) is 3.70. The number of nitrogens with zero attached hydrogens (tertiary/aromatic N) is 6. The fraction of sp³-hybridized carbons (Fsp3) is 0.375. The Bertz CT molecular complexity index is 823. The summed E-state index contributed by atoms with van der Waals surface area (Å²) in [6.45, 7) is 7.12. The van der Waals surface area contributed by atoms with Crippen LogP contribution in [0.3, 0.4) is 0 Å². The fourth-order valence-electron chi connectivity index (χ4n) is 2.47. The topological polar surface area (TPSA) is 73.5 Å². The van der Waals surface area contributed by atoms with Crippen molar-refractivity contribution in [2.45, 2.75) is 39.9 Å². The first-order valence-corrected chi connectivity index (χ1v) is 7.79. The molecule has 7 nitrogen and oxygen atoms in total. The summed E-state index contributed by atoms with van der Waals surface area (Å²) in [5.41, 5.74) is 2.43. The zero-order valence-electron chi connectivity index (χ0n) is 13.9. The summed E-state index contributed by atoms with van der Waals surface area (Å²) in [6, 6.07) is 5.03. The summed E-state index contributed by atoms with van der Waals surface area (Å²) in [5, 5.41) is 19.2. The lowest BCUT2D eigenvalue weighted by molar-refractivity contribution is 0.442. The fourth-order valence-corrected chi connectivity index (χ4v) is 2.47. The van der Waals surface area contributed by atoms with Crippen LogP contribution in [-0.2, 0) is 13.1 Å². The third-order valence-electron chi connectivity index (χ3n) is 3.70. The SMILES string of the molecule is Cc1ccc(F)c(-n2nnnc2CNC(C)Cn2cc(C)cn2)c1. The highest BCUT2D eigenvalue weighted by molar-refractivity contribution is 5.36. The smallest absolute Gasteiger partial charge is 0.170 e. The summed E-state index contributed by atoms with van der Waals surface area (Å²) >= 11 is 0. The van der Waals surface area contributed by atoms with Gasteiger partial charge in [0.1, 0.15) is 11.5 Å². The molecule has 8 heteroatoms. The molecular weight excluding hydrogens is 309 g/mol. The molecular formula is C16H20FN7. The van der Waals surface area contributed by atoms with Crippen LogP contribution in [0.15, 0.2) is 30.6 Å². The summed E-state index contributed by atoms with van der Waals surface area (Å²) in [4.78, 5) is 0. The highest BCUT2D eigenvalue weighted by Gasteiger charge is 2.13. The maximum atomic E-state index is 14.1. The Morgan fingerprint density at radius 2 is 2.08 bits per heavy atom. The molecule has 2 aromatic heterocycles. The van der Waals surface area contributed by atoms with Gasteiger partial charge in [0, 0.05) is 12.2 Å². The third kappa shape index (κ3) is 3.65. The molecule has 3 rings (SSSR count). The van der Waals surface area contributed by atoms with Crippen LogP contribution in [0.1, 0.15) is 23.9 Å². The number of benzene rings is 1. The van der Waals surface area contributed by atoms with Crippen molar-refractivity contribution in [2.24, 2.45) is 0 Å². The second-order valence-electron chi connectivity index (χ2n) is 5.98. The van der Waals surface area contributed by atoms with E-state index in [2.05, 4.69) is 32.9 Å². The Morgan fingerprint density at radius 1 is 1.25 bits per heavy atom. The predicted octanol–water partition coefficient (Wildman–Crippen LogP) is 1.79. The van der Waals surface area contributed by atoms with Gasteiger partial charge in [-0.25, -0.2) is 4.39 Å². The molecule has 3 aromatic rings. The lowest BCUT2D eigenvalue weighted by Crippen LogP contribution is -2.31. The molecule has 1 aromatic carbocycles. The molecule has 0 spiro atoms. The second kappa shape index (κ2) is 6.88. The Kier molecular flexibility index (Phi) is 4.66. The molecule has 24 heavy (non-hydrogen) atoms. The van der Waals surface area contributed by atoms with Gasteiger partial charge in [0.05, 0.1) is 19.3 Å². The van der Waals surface area contributed by atoms with Crippen LogP contribution in [0.5, 0.6) is 0 Å². The summed E-state index contributed by atoms with van der Waals surface area (Å²) in [5.74, 6) is 0.206. The largest absolute Gasteiger partial charge is 0.305 e. The van der Waals surface area contributed by atoms with Crippen LogP contribution in [0.25, 0.3) is 5.69 Å². The Labute approximate surface area is 139 Å². The molecule has 126 valence electrons. The number of aryl methyl sites for hydroxylation is 2. The highest BCUT2D eigenvalue weighted by Crippen LogP contribution is 2.15. The zero-order valence-corrected chi connectivity index (χ0v) is 13.9. The summed E-state index contributed by atoms with van der Waals surface area (Å²) in [7, 11) is 0. The number of rotatable bonds is 6. The van der Waals surface area contributed by atoms with Crippen molar-refractivity contribution >= 4 is 0 Å². The lowest BCUT2D eigenvalue weighted by Gasteiger charge is -2.14. The van der Waals surface area contributed by atoms with Crippen molar-refractivity contribution in [3.8, 4) is 5.69 Å². The van der Waals surface area contributed by atoms with Gasteiger partial charge in [-0.1, -0.05) is 6.07 Å². The average Bonchev–Trinajstić information content (AvgIpc) is 3.16. The first-order chi connectivity index (χ1) is 11.5. The van der Waals surface area contributed by atoms with Gasteiger partial charge in [0.15, 0.2) is 5.82 Å². The minimum Gasteiger partial charge on any atom is -0.305 e. The molecule has 0 saturated heterocycles. The van der Waals surface area contributed by atoms with Crippen molar-refractivity contribution in [2.75, 3.05) is 0 Å². The molecule has 0 radical (unpaired) electrons. The monoisotopic (exact) mass is 329 g/mol. The van der Waals surface area contributed by atoms with Gasteiger partial charge in [-0.15, -0.1) is 5.10 Å². The van der Waals surface area contributed by atoms with Crippen LogP contribution in [-0.4, -0.2) is 36.0 Å². The van der Waals surface area contributed by atoms with Gasteiger partial charge in [-0.05, 0) is 54.5 Å². The number of nitrogens with one attached hydrogen (secondary N) is 1. The van der Waals surface area contributed by atoms with E-state index in [4.69, 9.17) is 0 Å². The van der Waals surface area contributed by atoms with Gasteiger partial charge >= 0.3 is 0 Å². The number of tetrazole rings is 1. The minimum atomic E-state index is -0.353. The molecule has 0 amide bonds. The minimum absolute atomic E-state index is 0.164. The number of halogens is 1. The summed E-state index contributed by atoms with van der Waals surface area (Å²) in [6.07, 6.45) is 3.82. The molecule has 2 heterocycles. The van der Waals surface area contributed by atoms with E-state index in [1.165, 1.54) is 10.7 Å². The molecule has 0 aliphatic rings. The van der Waals surface area contributed by atoms with Gasteiger partial charge < -0.3 is 5.32 Å². The van der Waals surface area contributed by atoms with Crippen LogP contribution in [0.4, 0.5) is 4.39 Å². The summed E-state index contributed by atoms with van der Waals surface area (Å²) < 4.78 is 17.4. The van der Waals surface area contributed by atoms with Crippen LogP contribution >= 0.6 is 0 Å². The van der Waals surface area contributed by atoms with Crippen molar-refractivity contribution in [1.82, 2.24) is 35.3 Å². The molecule has 0 bridgehead atoms. The Balaban J connectivity index is 1.68. The van der Waals surface area contributed by atoms with Crippen molar-refractivity contribution < 1.29 is 4.39 Å². The van der Waals surface area contributed by atoms with E-state index in [1.807, 2.05) is 30.9 Å². The average molecular weight is 329 g/mol. The van der Waals surface area contributed by atoms with E-state index in [1.54, 1.807) is 12.1 Å². The van der Waals surface area contributed by atoms with Crippen molar-refractivity contribution in [3.05, 3.63) is 53.4 Å². The van der Waals surface area contributed by atoms with E-state index in [-0.39, 0.29) is 11.9 Å². The van der Waals surface area contributed by atoms with Crippen LogP contribution < -0.4 is 5.32 Å². The van der Waals surface area contributed by atoms with Gasteiger partial charge in [0.2, 0.25) is 0 Å². The maximum Gasteiger partial charge on any atom is 0.170 e. The molecule has 1 atom stereocenters. The molecule has 0 fully saturated rings. The highest BCUT2D eigenvalue weighted by atomic mass is 19.1. The van der Waals surface area contributed by atoms with E-state index in [9.17, 15) is 4.39 Å². The number of aromatic nitrogens is 6. The Morgan fingerprint density at radius 3 is 2.83 bits per heavy atom. The molecule has 0 aliphatic heterocycles. The number of hydrogen-bond donors (Lipinski definition) is 1. The van der Waals surface area contributed by atoms with E-state index in [0.717, 1.165) is 17.7 Å². The van der Waals surface area contributed by atoms with Crippen molar-refractivity contribution in [3.63, 3.8) is 0 Å². The predicted molar refractivity (Wildman–Crippen MR) is 87.1 cm³/mol. The van der Waals surface area contributed by atoms with Gasteiger partial charge in [0.25, 0.3) is 0 Å². The van der Waals surface area contributed by atoms with Gasteiger partial charge in [-0.3, -0.25) is 4.68 Å². The zero-order chi connectivity index (χ0) is 17.1. The molecule has 1 unspecified atom stereocenters. The normalized spacial score (nSPS) is 12.5. The lowest BCUT2D eigenvalue weighted by atomic mass is 10.2. The van der Waals surface area contributed by atoms with Crippen LogP contribution in [0, 0.1) is 19.7 Å². The number of hydrogen-bond acceptors (Lipinski definition) is 5. The van der Waals surface area contributed by atoms with Crippen molar-refractivity contribution in [1.29, 1.82) is 0 Å². The van der Waals surface area contributed by atoms with Gasteiger partial charge in [-0.2, -0.15) is 9.78 Å². The van der Waals surface area contributed by atoms with E-state index in [0.29, 0.717) is 18.1 Å². The van der Waals surface area contributed by atoms with E-state index >= 15 is 0 Å². The maximum absolute atomic E-state index is 14.1. The molecule has 0 aliphatic carbocycles. The second-order valence-corrected chi connectivity index (χ2v) is 5.98. The molecule has 1 N–H and O–H groups in total. The first-order valence-electron chi connectivity index (χ1n) is 7.79. The molecule has 0 saturated carbocycles. The quantitative estimate of drug-likeness (QED) is 0.746. The van der Waals surface area contributed by atoms with Crippen LogP contribution in [0.2, 0.25) is 0 Å². The van der Waals surface area contributed by atoms with E-state index < -0.39 is 0 Å². The Hall–Kier alpha value is -2.61.